The summed E-state index contributed by atoms with van der Waals surface area (Å²) in [4.78, 5) is 15.1. The normalized spacial score (nSPS) is 18.3. The molecule has 0 unspecified atom stereocenters. The van der Waals surface area contributed by atoms with Gasteiger partial charge in [0.1, 0.15) is 11.9 Å². The molecule has 0 spiro atoms. The predicted molar refractivity (Wildman–Crippen MR) is 52.2 cm³/mol. The molecule has 0 radical (unpaired) electrons. The third-order valence-electron chi connectivity index (χ3n) is 2.99. The van der Waals surface area contributed by atoms with Crippen molar-refractivity contribution in [2.45, 2.75) is 18.3 Å². The van der Waals surface area contributed by atoms with E-state index < -0.39 is 0 Å². The Morgan fingerprint density at radius 1 is 1.43 bits per heavy atom. The molecule has 0 N–H and O–H groups in total. The minimum absolute atomic E-state index is 0.187. The summed E-state index contributed by atoms with van der Waals surface area (Å²) in [7, 11) is 0. The molecule has 0 aromatic carbocycles. The molecular weight excluding hydrogens is 176 g/mol. The monoisotopic (exact) mass is 186 g/mol. The smallest absolute Gasteiger partial charge is 0.136 e. The first kappa shape index (κ1) is 7.74. The van der Waals surface area contributed by atoms with Crippen LogP contribution in [0.4, 0.5) is 0 Å². The lowest BCUT2D eigenvalue weighted by Gasteiger charge is -2.06. The van der Waals surface area contributed by atoms with Crippen molar-refractivity contribution in [3.63, 3.8) is 0 Å². The number of nitrogens with zero attached hydrogens (tertiary/aromatic N) is 2. The fourth-order valence-corrected chi connectivity index (χ4v) is 1.83. The van der Waals surface area contributed by atoms with Gasteiger partial charge in [0.05, 0.1) is 5.41 Å². The molecule has 2 aromatic rings. The molecular formula is C11H10N2O. The summed E-state index contributed by atoms with van der Waals surface area (Å²) >= 11 is 0. The number of rotatable bonds is 2. The Morgan fingerprint density at radius 2 is 2.29 bits per heavy atom. The maximum atomic E-state index is 10.9. The van der Waals surface area contributed by atoms with Gasteiger partial charge in [-0.2, -0.15) is 0 Å². The van der Waals surface area contributed by atoms with Gasteiger partial charge < -0.3 is 9.20 Å². The Kier molecular flexibility index (Phi) is 1.35. The second-order valence-corrected chi connectivity index (χ2v) is 3.88. The first-order chi connectivity index (χ1) is 6.84. The zero-order valence-electron chi connectivity index (χ0n) is 7.68. The van der Waals surface area contributed by atoms with Crippen molar-refractivity contribution >= 4 is 11.9 Å². The van der Waals surface area contributed by atoms with Gasteiger partial charge in [-0.3, -0.25) is 0 Å². The molecule has 2 aromatic heterocycles. The third-order valence-corrected chi connectivity index (χ3v) is 2.99. The summed E-state index contributed by atoms with van der Waals surface area (Å²) in [5.74, 6) is 0. The summed E-state index contributed by atoms with van der Waals surface area (Å²) in [6.45, 7) is 0. The largest absolute Gasteiger partial charge is 0.307 e. The van der Waals surface area contributed by atoms with Crippen LogP contribution in [-0.2, 0) is 10.2 Å². The van der Waals surface area contributed by atoms with Crippen LogP contribution in [0.1, 0.15) is 18.4 Å². The molecule has 14 heavy (non-hydrogen) atoms. The van der Waals surface area contributed by atoms with Crippen LogP contribution >= 0.6 is 0 Å². The van der Waals surface area contributed by atoms with Crippen molar-refractivity contribution in [3.8, 4) is 0 Å². The molecule has 3 rings (SSSR count). The highest BCUT2D eigenvalue weighted by Gasteiger charge is 2.44. The fraction of sp³-hybridized carbons (Fsp3) is 0.273. The second-order valence-electron chi connectivity index (χ2n) is 3.88. The van der Waals surface area contributed by atoms with Crippen LogP contribution in [-0.4, -0.2) is 15.7 Å². The number of aromatic nitrogens is 2. The fourth-order valence-electron chi connectivity index (χ4n) is 1.83. The van der Waals surface area contributed by atoms with Gasteiger partial charge in [-0.25, -0.2) is 4.98 Å². The average Bonchev–Trinajstić information content (AvgIpc) is 2.89. The number of hydrogen-bond donors (Lipinski definition) is 0. The van der Waals surface area contributed by atoms with Crippen LogP contribution in [0.15, 0.2) is 30.7 Å². The van der Waals surface area contributed by atoms with Gasteiger partial charge in [-0.1, -0.05) is 0 Å². The standard InChI is InChI=1S/C11H10N2O/c14-8-11(2-3-11)9-1-5-13-6-4-12-10(13)7-9/h1,4-8H,2-3H2. The SMILES string of the molecule is O=CC1(c2ccn3ccnc3c2)CC1. The minimum Gasteiger partial charge on any atom is -0.307 e. The molecule has 0 saturated heterocycles. The number of aldehydes is 1. The van der Waals surface area contributed by atoms with Gasteiger partial charge in [0.25, 0.3) is 0 Å². The molecule has 2 heterocycles. The van der Waals surface area contributed by atoms with Gasteiger partial charge in [-0.05, 0) is 30.5 Å². The lowest BCUT2D eigenvalue weighted by molar-refractivity contribution is -0.109. The maximum absolute atomic E-state index is 10.9. The zero-order valence-corrected chi connectivity index (χ0v) is 7.68. The lowest BCUT2D eigenvalue weighted by Crippen LogP contribution is -2.07. The first-order valence-electron chi connectivity index (χ1n) is 4.74. The number of fused-ring (bicyclic) bond motifs is 1. The summed E-state index contributed by atoms with van der Waals surface area (Å²) in [5.41, 5.74) is 1.83. The van der Waals surface area contributed by atoms with Crippen LogP contribution in [0.5, 0.6) is 0 Å². The van der Waals surface area contributed by atoms with E-state index in [-0.39, 0.29) is 5.41 Å². The Morgan fingerprint density at radius 3 is 3.00 bits per heavy atom. The van der Waals surface area contributed by atoms with Crippen molar-refractivity contribution in [2.24, 2.45) is 0 Å². The maximum Gasteiger partial charge on any atom is 0.136 e. The lowest BCUT2D eigenvalue weighted by atomic mass is 9.99. The van der Waals surface area contributed by atoms with E-state index in [2.05, 4.69) is 4.98 Å². The molecule has 70 valence electrons. The number of hydrogen-bond acceptors (Lipinski definition) is 2. The summed E-state index contributed by atoms with van der Waals surface area (Å²) in [6.07, 6.45) is 8.66. The molecule has 0 amide bonds. The number of carbonyl (C=O) groups excluding carboxylic acids is 1. The molecule has 3 nitrogen and oxygen atoms in total. The van der Waals surface area contributed by atoms with Crippen molar-refractivity contribution in [3.05, 3.63) is 36.3 Å². The highest BCUT2D eigenvalue weighted by atomic mass is 16.1. The van der Waals surface area contributed by atoms with Gasteiger partial charge in [0.2, 0.25) is 0 Å². The Bertz CT molecular complexity index is 497. The molecule has 1 aliphatic rings. The molecule has 0 aliphatic heterocycles. The van der Waals surface area contributed by atoms with Crippen LogP contribution in [0, 0.1) is 0 Å². The number of carbonyl (C=O) groups is 1. The predicted octanol–water partition coefficient (Wildman–Crippen LogP) is 1.56. The van der Waals surface area contributed by atoms with Crippen LogP contribution in [0.25, 0.3) is 5.65 Å². The Hall–Kier alpha value is -1.64. The van der Waals surface area contributed by atoms with E-state index in [0.717, 1.165) is 30.3 Å². The average molecular weight is 186 g/mol. The zero-order chi connectivity index (χ0) is 9.60. The van der Waals surface area contributed by atoms with E-state index in [0.29, 0.717) is 0 Å². The van der Waals surface area contributed by atoms with E-state index in [1.165, 1.54) is 0 Å². The topological polar surface area (TPSA) is 34.4 Å². The van der Waals surface area contributed by atoms with Crippen molar-refractivity contribution in [1.29, 1.82) is 0 Å². The highest BCUT2D eigenvalue weighted by molar-refractivity contribution is 5.73. The minimum atomic E-state index is -0.187. The van der Waals surface area contributed by atoms with E-state index in [1.807, 2.05) is 28.9 Å². The van der Waals surface area contributed by atoms with Gasteiger partial charge in [0, 0.05) is 18.6 Å². The number of pyridine rings is 1. The van der Waals surface area contributed by atoms with Gasteiger partial charge in [0.15, 0.2) is 0 Å². The first-order valence-corrected chi connectivity index (χ1v) is 4.74. The summed E-state index contributed by atoms with van der Waals surface area (Å²) in [6, 6.07) is 4.01. The van der Waals surface area contributed by atoms with Crippen LogP contribution in [0.3, 0.4) is 0 Å². The number of imidazole rings is 1. The van der Waals surface area contributed by atoms with Crippen molar-refractivity contribution in [2.75, 3.05) is 0 Å². The molecule has 0 atom stereocenters. The Balaban J connectivity index is 2.18. The molecule has 1 aliphatic carbocycles. The molecule has 3 heteroatoms. The van der Waals surface area contributed by atoms with Crippen molar-refractivity contribution < 1.29 is 4.79 Å². The quantitative estimate of drug-likeness (QED) is 0.667. The van der Waals surface area contributed by atoms with E-state index >= 15 is 0 Å². The highest BCUT2D eigenvalue weighted by Crippen LogP contribution is 2.46. The van der Waals surface area contributed by atoms with Crippen LogP contribution < -0.4 is 0 Å². The summed E-state index contributed by atoms with van der Waals surface area (Å²) < 4.78 is 1.95. The van der Waals surface area contributed by atoms with Crippen molar-refractivity contribution in [1.82, 2.24) is 9.38 Å². The van der Waals surface area contributed by atoms with Gasteiger partial charge >= 0.3 is 0 Å². The van der Waals surface area contributed by atoms with Gasteiger partial charge in [-0.15, -0.1) is 0 Å². The molecule has 0 bridgehead atoms. The van der Waals surface area contributed by atoms with Crippen LogP contribution in [0.2, 0.25) is 0 Å². The Labute approximate surface area is 81.4 Å². The third kappa shape index (κ3) is 0.923. The second kappa shape index (κ2) is 2.44. The molecule has 1 saturated carbocycles. The van der Waals surface area contributed by atoms with E-state index in [1.54, 1.807) is 6.20 Å². The van der Waals surface area contributed by atoms with E-state index in [4.69, 9.17) is 0 Å². The van der Waals surface area contributed by atoms with E-state index in [9.17, 15) is 4.79 Å². The summed E-state index contributed by atoms with van der Waals surface area (Å²) in [5, 5.41) is 0. The molecule has 1 fully saturated rings.